The van der Waals surface area contributed by atoms with Gasteiger partial charge in [-0.1, -0.05) is 6.07 Å². The largest absolute Gasteiger partial charge is 0.495 e. The minimum Gasteiger partial charge on any atom is -0.495 e. The van der Waals surface area contributed by atoms with Crippen LogP contribution in [0.4, 0.5) is 11.5 Å². The molecule has 2 aromatic rings. The highest BCUT2D eigenvalue weighted by atomic mass is 16.5. The van der Waals surface area contributed by atoms with Crippen molar-refractivity contribution in [3.05, 3.63) is 41.9 Å². The van der Waals surface area contributed by atoms with Crippen LogP contribution in [0, 0.1) is 18.3 Å². The fourth-order valence-electron chi connectivity index (χ4n) is 1.54. The number of anilines is 2. The number of methoxy groups -OCH3 is 1. The first kappa shape index (κ1) is 11.9. The van der Waals surface area contributed by atoms with Crippen molar-refractivity contribution in [3.63, 3.8) is 0 Å². The van der Waals surface area contributed by atoms with Crippen molar-refractivity contribution in [2.75, 3.05) is 12.4 Å². The monoisotopic (exact) mass is 240 g/mol. The molecule has 0 radical (unpaired) electrons. The third kappa shape index (κ3) is 2.55. The van der Waals surface area contributed by atoms with Gasteiger partial charge in [-0.15, -0.1) is 0 Å². The lowest BCUT2D eigenvalue weighted by molar-refractivity contribution is 0.416. The van der Waals surface area contributed by atoms with Crippen molar-refractivity contribution in [2.45, 2.75) is 6.92 Å². The van der Waals surface area contributed by atoms with Crippen LogP contribution >= 0.6 is 0 Å². The fraction of sp³-hybridized carbons (Fsp3) is 0.154. The molecule has 90 valence electrons. The topological polar surface area (TPSA) is 70.8 Å². The quantitative estimate of drug-likeness (QED) is 0.892. The Morgan fingerprint density at radius 1 is 1.33 bits per heavy atom. The maximum Gasteiger partial charge on any atom is 0.234 e. The Morgan fingerprint density at radius 3 is 2.89 bits per heavy atom. The number of nitrogens with zero attached hydrogens (tertiary/aromatic N) is 3. The van der Waals surface area contributed by atoms with Crippen molar-refractivity contribution in [1.29, 1.82) is 5.26 Å². The number of nitriles is 1. The van der Waals surface area contributed by atoms with Gasteiger partial charge in [0.25, 0.3) is 0 Å². The van der Waals surface area contributed by atoms with Crippen LogP contribution in [0.2, 0.25) is 0 Å². The number of hydrogen-bond donors (Lipinski definition) is 1. The molecule has 0 amide bonds. The van der Waals surface area contributed by atoms with Gasteiger partial charge < -0.3 is 10.1 Å². The first-order valence-electron chi connectivity index (χ1n) is 5.38. The van der Waals surface area contributed by atoms with E-state index in [2.05, 4.69) is 15.3 Å². The molecular formula is C13H12N4O. The molecular weight excluding hydrogens is 228 g/mol. The smallest absolute Gasteiger partial charge is 0.234 e. The zero-order valence-corrected chi connectivity index (χ0v) is 10.1. The summed E-state index contributed by atoms with van der Waals surface area (Å²) in [6, 6.07) is 9.39. The molecule has 0 aliphatic carbocycles. The van der Waals surface area contributed by atoms with Crippen LogP contribution < -0.4 is 10.1 Å². The van der Waals surface area contributed by atoms with Crippen LogP contribution in [0.15, 0.2) is 30.5 Å². The van der Waals surface area contributed by atoms with E-state index in [1.165, 1.54) is 6.20 Å². The summed E-state index contributed by atoms with van der Waals surface area (Å²) in [7, 11) is 1.61. The molecule has 2 rings (SSSR count). The van der Waals surface area contributed by atoms with E-state index in [9.17, 15) is 0 Å². The Morgan fingerprint density at radius 2 is 2.17 bits per heavy atom. The molecule has 5 heteroatoms. The minimum atomic E-state index is 0.131. The van der Waals surface area contributed by atoms with E-state index in [0.29, 0.717) is 5.82 Å². The van der Waals surface area contributed by atoms with E-state index in [4.69, 9.17) is 10.00 Å². The summed E-state index contributed by atoms with van der Waals surface area (Å²) in [6.45, 7) is 1.99. The summed E-state index contributed by atoms with van der Waals surface area (Å²) >= 11 is 0. The highest BCUT2D eigenvalue weighted by Gasteiger charge is 2.05. The predicted molar refractivity (Wildman–Crippen MR) is 67.8 cm³/mol. The van der Waals surface area contributed by atoms with Crippen LogP contribution in [0.5, 0.6) is 5.75 Å². The molecule has 0 saturated heterocycles. The molecule has 0 aliphatic heterocycles. The standard InChI is InChI=1S/C13H12N4O/c1-9-3-4-11(18-2)10(7-9)16-12-5-6-15-13(8-14)17-12/h3-7H,1-2H3,(H,15,16,17). The third-order valence-corrected chi connectivity index (χ3v) is 2.37. The fourth-order valence-corrected chi connectivity index (χ4v) is 1.54. The van der Waals surface area contributed by atoms with E-state index in [1.54, 1.807) is 13.2 Å². The van der Waals surface area contributed by atoms with Gasteiger partial charge in [-0.2, -0.15) is 5.26 Å². The zero-order valence-electron chi connectivity index (χ0n) is 10.1. The van der Waals surface area contributed by atoms with Crippen LogP contribution in [-0.2, 0) is 0 Å². The summed E-state index contributed by atoms with van der Waals surface area (Å²) in [5.41, 5.74) is 1.91. The van der Waals surface area contributed by atoms with E-state index < -0.39 is 0 Å². The number of rotatable bonds is 3. The van der Waals surface area contributed by atoms with Gasteiger partial charge in [-0.25, -0.2) is 9.97 Å². The zero-order chi connectivity index (χ0) is 13.0. The highest BCUT2D eigenvalue weighted by molar-refractivity contribution is 5.65. The third-order valence-electron chi connectivity index (χ3n) is 2.37. The van der Waals surface area contributed by atoms with Gasteiger partial charge in [-0.3, -0.25) is 0 Å². The number of benzene rings is 1. The van der Waals surface area contributed by atoms with Crippen LogP contribution in [0.3, 0.4) is 0 Å². The van der Waals surface area contributed by atoms with Crippen molar-refractivity contribution >= 4 is 11.5 Å². The van der Waals surface area contributed by atoms with Gasteiger partial charge in [0.1, 0.15) is 17.6 Å². The van der Waals surface area contributed by atoms with Crippen LogP contribution in [0.1, 0.15) is 11.4 Å². The van der Waals surface area contributed by atoms with E-state index in [0.717, 1.165) is 17.0 Å². The lowest BCUT2D eigenvalue weighted by Gasteiger charge is -2.11. The molecule has 0 unspecified atom stereocenters. The molecule has 1 aromatic heterocycles. The molecule has 0 atom stereocenters. The van der Waals surface area contributed by atoms with Gasteiger partial charge >= 0.3 is 0 Å². The van der Waals surface area contributed by atoms with Crippen LogP contribution in [0.25, 0.3) is 0 Å². The number of aryl methyl sites for hydroxylation is 1. The molecule has 0 aliphatic rings. The molecule has 0 bridgehead atoms. The Labute approximate surface area is 105 Å². The number of hydrogen-bond acceptors (Lipinski definition) is 5. The first-order chi connectivity index (χ1) is 8.72. The van der Waals surface area contributed by atoms with Crippen molar-refractivity contribution in [2.24, 2.45) is 0 Å². The molecule has 0 spiro atoms. The normalized spacial score (nSPS) is 9.61. The van der Waals surface area contributed by atoms with Gasteiger partial charge in [0.2, 0.25) is 5.82 Å². The van der Waals surface area contributed by atoms with Gasteiger partial charge in [-0.05, 0) is 30.7 Å². The van der Waals surface area contributed by atoms with Gasteiger partial charge in [0.05, 0.1) is 12.8 Å². The lowest BCUT2D eigenvalue weighted by Crippen LogP contribution is -1.99. The number of nitrogens with one attached hydrogen (secondary N) is 1. The molecule has 1 aromatic carbocycles. The van der Waals surface area contributed by atoms with E-state index >= 15 is 0 Å². The molecule has 1 N–H and O–H groups in total. The van der Waals surface area contributed by atoms with Crippen LogP contribution in [-0.4, -0.2) is 17.1 Å². The maximum atomic E-state index is 8.75. The predicted octanol–water partition coefficient (Wildman–Crippen LogP) is 2.41. The minimum absolute atomic E-state index is 0.131. The Bertz CT molecular complexity index is 604. The Hall–Kier alpha value is -2.61. The molecule has 0 fully saturated rings. The SMILES string of the molecule is COc1ccc(C)cc1Nc1ccnc(C#N)n1. The number of aromatic nitrogens is 2. The summed E-state index contributed by atoms with van der Waals surface area (Å²) in [5.74, 6) is 1.41. The second-order valence-electron chi connectivity index (χ2n) is 3.71. The number of ether oxygens (including phenoxy) is 1. The van der Waals surface area contributed by atoms with Crippen molar-refractivity contribution in [1.82, 2.24) is 9.97 Å². The van der Waals surface area contributed by atoms with Gasteiger partial charge in [0.15, 0.2) is 0 Å². The molecule has 5 nitrogen and oxygen atoms in total. The first-order valence-corrected chi connectivity index (χ1v) is 5.38. The highest BCUT2D eigenvalue weighted by Crippen LogP contribution is 2.27. The van der Waals surface area contributed by atoms with Gasteiger partial charge in [0, 0.05) is 6.20 Å². The Balaban J connectivity index is 2.33. The Kier molecular flexibility index (Phi) is 3.39. The van der Waals surface area contributed by atoms with E-state index in [-0.39, 0.29) is 5.82 Å². The second kappa shape index (κ2) is 5.15. The molecule has 0 saturated carbocycles. The average molecular weight is 240 g/mol. The summed E-state index contributed by atoms with van der Waals surface area (Å²) in [5, 5.41) is 11.9. The summed E-state index contributed by atoms with van der Waals surface area (Å²) in [6.07, 6.45) is 1.54. The van der Waals surface area contributed by atoms with E-state index in [1.807, 2.05) is 31.2 Å². The second-order valence-corrected chi connectivity index (χ2v) is 3.71. The van der Waals surface area contributed by atoms with Crippen molar-refractivity contribution in [3.8, 4) is 11.8 Å². The van der Waals surface area contributed by atoms with Crippen molar-refractivity contribution < 1.29 is 4.74 Å². The average Bonchev–Trinajstić information content (AvgIpc) is 2.39. The molecule has 18 heavy (non-hydrogen) atoms. The molecule has 1 heterocycles. The summed E-state index contributed by atoms with van der Waals surface area (Å²) < 4.78 is 5.26. The lowest BCUT2D eigenvalue weighted by atomic mass is 10.2. The maximum absolute atomic E-state index is 8.75. The summed E-state index contributed by atoms with van der Waals surface area (Å²) in [4.78, 5) is 7.87.